The Labute approximate surface area is 117 Å². The number of hydrogen-bond acceptors (Lipinski definition) is 4. The van der Waals surface area contributed by atoms with E-state index in [0.717, 1.165) is 11.3 Å². The second kappa shape index (κ2) is 5.19. The molecule has 1 aromatic carbocycles. The molecule has 20 heavy (non-hydrogen) atoms. The lowest BCUT2D eigenvalue weighted by Gasteiger charge is -1.99. The summed E-state index contributed by atoms with van der Waals surface area (Å²) in [7, 11) is -4.50. The van der Waals surface area contributed by atoms with Crippen LogP contribution in [0.15, 0.2) is 34.5 Å². The third-order valence-corrected chi connectivity index (χ3v) is 4.87. The molecule has 2 rings (SSSR count). The molecule has 9 heteroatoms. The van der Waals surface area contributed by atoms with Crippen molar-refractivity contribution >= 4 is 33.2 Å². The Hall–Kier alpha value is -1.97. The quantitative estimate of drug-likeness (QED) is 0.755. The van der Waals surface area contributed by atoms with Crippen molar-refractivity contribution in [3.05, 3.63) is 36.1 Å². The van der Waals surface area contributed by atoms with Crippen molar-refractivity contribution in [3.8, 4) is 10.4 Å². The van der Waals surface area contributed by atoms with E-state index in [1.54, 1.807) is 0 Å². The first-order chi connectivity index (χ1) is 9.27. The number of thiophene rings is 1. The Bertz CT molecular complexity index is 753. The maximum absolute atomic E-state index is 12.8. The van der Waals surface area contributed by atoms with Crippen LogP contribution in [0.5, 0.6) is 0 Å². The zero-order chi connectivity index (χ0) is 14.9. The van der Waals surface area contributed by atoms with Crippen molar-refractivity contribution in [1.82, 2.24) is 0 Å². The van der Waals surface area contributed by atoms with Crippen LogP contribution >= 0.6 is 11.3 Å². The lowest BCUT2D eigenvalue weighted by atomic mass is 10.2. The van der Waals surface area contributed by atoms with Crippen LogP contribution < -0.4 is 11.1 Å². The van der Waals surface area contributed by atoms with Gasteiger partial charge in [-0.1, -0.05) is 12.1 Å². The average Bonchev–Trinajstić information content (AvgIpc) is 2.72. The molecule has 0 saturated heterocycles. The lowest BCUT2D eigenvalue weighted by molar-refractivity contribution is 0.259. The number of nitrogens with one attached hydrogen (secondary N) is 1. The first kappa shape index (κ1) is 14.4. The van der Waals surface area contributed by atoms with Gasteiger partial charge in [0.25, 0.3) is 0 Å². The van der Waals surface area contributed by atoms with E-state index in [2.05, 4.69) is 5.32 Å². The standard InChI is InChI=1S/C11H9FN2O4S2/c12-7-3-1-6(2-4-7)9-5-8(14-11(13)15)10(19-9)20(16,17)18/h1-5H,(H3,13,14,15)(H,16,17,18). The van der Waals surface area contributed by atoms with Gasteiger partial charge >= 0.3 is 16.1 Å². The molecule has 2 amide bonds. The van der Waals surface area contributed by atoms with Gasteiger partial charge in [-0.05, 0) is 23.8 Å². The van der Waals surface area contributed by atoms with Crippen LogP contribution in [-0.2, 0) is 10.1 Å². The Morgan fingerprint density at radius 2 is 1.90 bits per heavy atom. The third kappa shape index (κ3) is 3.13. The molecule has 6 nitrogen and oxygen atoms in total. The van der Waals surface area contributed by atoms with E-state index in [1.165, 1.54) is 30.3 Å². The largest absolute Gasteiger partial charge is 0.351 e. The molecule has 0 spiro atoms. The van der Waals surface area contributed by atoms with Crippen molar-refractivity contribution in [2.45, 2.75) is 4.21 Å². The number of rotatable bonds is 3. The molecule has 0 aliphatic carbocycles. The molecule has 1 aromatic heterocycles. The highest BCUT2D eigenvalue weighted by Gasteiger charge is 2.21. The van der Waals surface area contributed by atoms with E-state index in [0.29, 0.717) is 10.4 Å². The summed E-state index contributed by atoms with van der Waals surface area (Å²) in [5.41, 5.74) is 5.35. The van der Waals surface area contributed by atoms with Gasteiger partial charge in [-0.3, -0.25) is 4.55 Å². The molecule has 2 aromatic rings. The zero-order valence-electron chi connectivity index (χ0n) is 9.83. The van der Waals surface area contributed by atoms with Crippen LogP contribution in [-0.4, -0.2) is 19.0 Å². The van der Waals surface area contributed by atoms with Crippen LogP contribution in [0.2, 0.25) is 0 Å². The smallest absolute Gasteiger partial charge is 0.316 e. The fourth-order valence-electron chi connectivity index (χ4n) is 1.54. The van der Waals surface area contributed by atoms with Crippen LogP contribution in [0, 0.1) is 5.82 Å². The second-order valence-corrected chi connectivity index (χ2v) is 6.45. The minimum Gasteiger partial charge on any atom is -0.351 e. The van der Waals surface area contributed by atoms with Gasteiger partial charge in [-0.15, -0.1) is 11.3 Å². The number of hydrogen-bond donors (Lipinski definition) is 3. The fraction of sp³-hybridized carbons (Fsp3) is 0. The normalized spacial score (nSPS) is 11.3. The molecule has 0 aliphatic heterocycles. The monoisotopic (exact) mass is 316 g/mol. The average molecular weight is 316 g/mol. The van der Waals surface area contributed by atoms with Crippen LogP contribution in [0.1, 0.15) is 0 Å². The first-order valence-corrected chi connectivity index (χ1v) is 7.47. The van der Waals surface area contributed by atoms with E-state index in [-0.39, 0.29) is 5.69 Å². The number of primary amides is 1. The maximum atomic E-state index is 12.8. The molecule has 106 valence electrons. The summed E-state index contributed by atoms with van der Waals surface area (Å²) >= 11 is 0.737. The van der Waals surface area contributed by atoms with Crippen molar-refractivity contribution in [1.29, 1.82) is 0 Å². The van der Waals surface area contributed by atoms with Crippen molar-refractivity contribution in [3.63, 3.8) is 0 Å². The van der Waals surface area contributed by atoms with Crippen LogP contribution in [0.25, 0.3) is 10.4 Å². The maximum Gasteiger partial charge on any atom is 0.316 e. The molecule has 0 fully saturated rings. The predicted molar refractivity (Wildman–Crippen MR) is 72.7 cm³/mol. The summed E-state index contributed by atoms with van der Waals surface area (Å²) in [6, 6.07) is 5.70. The van der Waals surface area contributed by atoms with Gasteiger partial charge in [0.15, 0.2) is 4.21 Å². The Balaban J connectivity index is 2.54. The van der Waals surface area contributed by atoms with Crippen molar-refractivity contribution in [2.75, 3.05) is 5.32 Å². The van der Waals surface area contributed by atoms with E-state index >= 15 is 0 Å². The van der Waals surface area contributed by atoms with Crippen LogP contribution in [0.4, 0.5) is 14.9 Å². The first-order valence-electron chi connectivity index (χ1n) is 5.21. The van der Waals surface area contributed by atoms with Crippen molar-refractivity contribution in [2.24, 2.45) is 5.73 Å². The SMILES string of the molecule is NC(=O)Nc1cc(-c2ccc(F)cc2)sc1S(=O)(=O)O. The van der Waals surface area contributed by atoms with Gasteiger partial charge in [-0.25, -0.2) is 9.18 Å². The highest BCUT2D eigenvalue weighted by atomic mass is 32.3. The van der Waals surface area contributed by atoms with Crippen LogP contribution in [0.3, 0.4) is 0 Å². The highest BCUT2D eigenvalue weighted by Crippen LogP contribution is 2.37. The summed E-state index contributed by atoms with van der Waals surface area (Å²) in [5.74, 6) is -0.434. The number of carbonyl (C=O) groups excluding carboxylic acids is 1. The third-order valence-electron chi connectivity index (χ3n) is 2.32. The lowest BCUT2D eigenvalue weighted by Crippen LogP contribution is -2.20. The van der Waals surface area contributed by atoms with Crippen molar-refractivity contribution < 1.29 is 22.2 Å². The fourth-order valence-corrected chi connectivity index (χ4v) is 3.47. The summed E-state index contributed by atoms with van der Waals surface area (Å²) in [6.07, 6.45) is 0. The summed E-state index contributed by atoms with van der Waals surface area (Å²) in [5, 5.41) is 2.12. The second-order valence-electron chi connectivity index (χ2n) is 3.78. The number of nitrogens with two attached hydrogens (primary N) is 1. The van der Waals surface area contributed by atoms with E-state index in [9.17, 15) is 17.6 Å². The summed E-state index contributed by atoms with van der Waals surface area (Å²) in [6.45, 7) is 0. The topological polar surface area (TPSA) is 109 Å². The molecule has 1 heterocycles. The predicted octanol–water partition coefficient (Wildman–Crippen LogP) is 2.29. The van der Waals surface area contributed by atoms with E-state index in [1.807, 2.05) is 0 Å². The molecule has 0 atom stereocenters. The van der Waals surface area contributed by atoms with Gasteiger partial charge in [0.05, 0.1) is 5.69 Å². The number of benzene rings is 1. The summed E-state index contributed by atoms with van der Waals surface area (Å²) in [4.78, 5) is 11.3. The van der Waals surface area contributed by atoms with Gasteiger partial charge in [-0.2, -0.15) is 8.42 Å². The van der Waals surface area contributed by atoms with E-state index in [4.69, 9.17) is 10.3 Å². The molecule has 4 N–H and O–H groups in total. The Morgan fingerprint density at radius 1 is 1.30 bits per heavy atom. The molecule has 0 unspecified atom stereocenters. The highest BCUT2D eigenvalue weighted by molar-refractivity contribution is 7.88. The Morgan fingerprint density at radius 3 is 2.40 bits per heavy atom. The number of halogens is 1. The molecule has 0 aliphatic rings. The number of carbonyl (C=O) groups is 1. The van der Waals surface area contributed by atoms with Gasteiger partial charge in [0.1, 0.15) is 5.82 Å². The molecule has 0 bridgehead atoms. The van der Waals surface area contributed by atoms with Gasteiger partial charge < -0.3 is 11.1 Å². The minimum atomic E-state index is -4.50. The molecular weight excluding hydrogens is 307 g/mol. The van der Waals surface area contributed by atoms with Gasteiger partial charge in [0, 0.05) is 4.88 Å². The Kier molecular flexibility index (Phi) is 3.75. The summed E-state index contributed by atoms with van der Waals surface area (Å²) < 4.78 is 44.0. The zero-order valence-corrected chi connectivity index (χ0v) is 11.5. The molecule has 0 saturated carbocycles. The number of amides is 2. The number of urea groups is 1. The van der Waals surface area contributed by atoms with E-state index < -0.39 is 26.2 Å². The number of anilines is 1. The van der Waals surface area contributed by atoms with Gasteiger partial charge in [0.2, 0.25) is 0 Å². The molecule has 0 radical (unpaired) electrons. The molecular formula is C11H9FN2O4S2. The minimum absolute atomic E-state index is 0.121.